The van der Waals surface area contributed by atoms with Crippen molar-refractivity contribution in [1.82, 2.24) is 5.32 Å². The second-order valence-corrected chi connectivity index (χ2v) is 7.65. The van der Waals surface area contributed by atoms with Crippen LogP contribution in [-0.4, -0.2) is 24.5 Å². The summed E-state index contributed by atoms with van der Waals surface area (Å²) in [7, 11) is 0. The average molecular weight is 383 g/mol. The Morgan fingerprint density at radius 2 is 2.00 bits per heavy atom. The molecule has 1 amide bonds. The maximum absolute atomic E-state index is 12.3. The molecule has 1 aliphatic carbocycles. The number of allylic oxidation sites excluding steroid dienone is 1. The maximum Gasteiger partial charge on any atom is 0.311 e. The molecule has 0 spiro atoms. The number of esters is 1. The molecule has 150 valence electrons. The van der Waals surface area contributed by atoms with Crippen LogP contribution >= 0.6 is 0 Å². The van der Waals surface area contributed by atoms with Crippen LogP contribution in [0, 0.1) is 13.8 Å². The molecule has 0 saturated carbocycles. The first kappa shape index (κ1) is 20.2. The van der Waals surface area contributed by atoms with Crippen molar-refractivity contribution in [1.29, 1.82) is 0 Å². The van der Waals surface area contributed by atoms with Gasteiger partial charge in [0.15, 0.2) is 6.10 Å². The lowest BCUT2D eigenvalue weighted by molar-refractivity contribution is -0.154. The summed E-state index contributed by atoms with van der Waals surface area (Å²) in [6, 6.07) is 3.99. The van der Waals surface area contributed by atoms with Crippen molar-refractivity contribution in [3.63, 3.8) is 0 Å². The molecular formula is C23H29NO4. The Bertz CT molecular complexity index is 893. The Balaban J connectivity index is 1.49. The third-order valence-electron chi connectivity index (χ3n) is 5.41. The number of furan rings is 1. The second kappa shape index (κ2) is 9.09. The predicted octanol–water partition coefficient (Wildman–Crippen LogP) is 4.53. The summed E-state index contributed by atoms with van der Waals surface area (Å²) in [6.45, 7) is 6.24. The van der Waals surface area contributed by atoms with Gasteiger partial charge in [0, 0.05) is 17.5 Å². The molecule has 0 unspecified atom stereocenters. The molecule has 1 atom stereocenters. The van der Waals surface area contributed by atoms with Crippen LogP contribution < -0.4 is 5.32 Å². The van der Waals surface area contributed by atoms with Crippen molar-refractivity contribution in [3.05, 3.63) is 46.7 Å². The molecule has 0 saturated heterocycles. The molecule has 0 bridgehead atoms. The molecular weight excluding hydrogens is 354 g/mol. The predicted molar refractivity (Wildman–Crippen MR) is 109 cm³/mol. The van der Waals surface area contributed by atoms with E-state index in [2.05, 4.69) is 11.4 Å². The number of fused-ring (bicyclic) bond motifs is 1. The molecule has 2 aromatic rings. The summed E-state index contributed by atoms with van der Waals surface area (Å²) >= 11 is 0. The van der Waals surface area contributed by atoms with Gasteiger partial charge in [-0.1, -0.05) is 11.6 Å². The van der Waals surface area contributed by atoms with E-state index in [9.17, 15) is 9.59 Å². The zero-order chi connectivity index (χ0) is 20.1. The third-order valence-corrected chi connectivity index (χ3v) is 5.41. The molecule has 0 aliphatic heterocycles. The first-order chi connectivity index (χ1) is 13.4. The smallest absolute Gasteiger partial charge is 0.311 e. The molecule has 0 fully saturated rings. The fourth-order valence-corrected chi connectivity index (χ4v) is 3.54. The van der Waals surface area contributed by atoms with Crippen LogP contribution in [-0.2, 0) is 20.7 Å². The van der Waals surface area contributed by atoms with E-state index in [0.717, 1.165) is 46.9 Å². The molecule has 1 aromatic heterocycles. The van der Waals surface area contributed by atoms with E-state index in [4.69, 9.17) is 9.15 Å². The van der Waals surface area contributed by atoms with E-state index in [-0.39, 0.29) is 12.3 Å². The van der Waals surface area contributed by atoms with Gasteiger partial charge in [-0.3, -0.25) is 9.59 Å². The van der Waals surface area contributed by atoms with Gasteiger partial charge < -0.3 is 14.5 Å². The Morgan fingerprint density at radius 1 is 1.21 bits per heavy atom. The Morgan fingerprint density at radius 3 is 2.75 bits per heavy atom. The van der Waals surface area contributed by atoms with Crippen molar-refractivity contribution in [2.75, 3.05) is 6.54 Å². The summed E-state index contributed by atoms with van der Waals surface area (Å²) in [6.07, 6.45) is 8.76. The number of aryl methyl sites for hydroxylation is 2. The summed E-state index contributed by atoms with van der Waals surface area (Å²) in [5.74, 6) is -0.688. The van der Waals surface area contributed by atoms with Crippen LogP contribution in [0.15, 0.2) is 34.5 Å². The molecule has 1 aliphatic rings. The van der Waals surface area contributed by atoms with Crippen LogP contribution in [0.5, 0.6) is 0 Å². The highest BCUT2D eigenvalue weighted by molar-refractivity contribution is 5.88. The summed E-state index contributed by atoms with van der Waals surface area (Å²) in [4.78, 5) is 24.5. The second-order valence-electron chi connectivity index (χ2n) is 7.65. The summed E-state index contributed by atoms with van der Waals surface area (Å²) in [5.41, 5.74) is 5.23. The Hall–Kier alpha value is -2.56. The topological polar surface area (TPSA) is 68.5 Å². The standard InChI is InChI=1S/C23H29NO4/c1-15-11-20-19(14-27-21(20)12-16(15)2)13-22(25)28-17(3)23(26)24-10-9-18-7-5-4-6-8-18/h7,11-12,14,17H,4-6,8-10,13H2,1-3H3,(H,24,26)/t17-/m0/s1. The quantitative estimate of drug-likeness (QED) is 0.563. The number of benzene rings is 1. The van der Waals surface area contributed by atoms with Gasteiger partial charge >= 0.3 is 5.97 Å². The van der Waals surface area contributed by atoms with Gasteiger partial charge in [0.25, 0.3) is 5.91 Å². The molecule has 1 aromatic carbocycles. The van der Waals surface area contributed by atoms with Gasteiger partial charge in [0.2, 0.25) is 0 Å². The van der Waals surface area contributed by atoms with Crippen molar-refractivity contribution in [2.45, 2.75) is 65.4 Å². The minimum Gasteiger partial charge on any atom is -0.464 e. The van der Waals surface area contributed by atoms with Crippen molar-refractivity contribution in [2.24, 2.45) is 0 Å². The molecule has 0 radical (unpaired) electrons. The largest absolute Gasteiger partial charge is 0.464 e. The van der Waals surface area contributed by atoms with E-state index < -0.39 is 12.1 Å². The third kappa shape index (κ3) is 5.03. The summed E-state index contributed by atoms with van der Waals surface area (Å²) < 4.78 is 10.9. The lowest BCUT2D eigenvalue weighted by Crippen LogP contribution is -2.36. The Labute approximate surface area is 166 Å². The highest BCUT2D eigenvalue weighted by atomic mass is 16.5. The van der Waals surface area contributed by atoms with Gasteiger partial charge in [0.1, 0.15) is 5.58 Å². The molecule has 28 heavy (non-hydrogen) atoms. The molecule has 1 N–H and O–H groups in total. The molecule has 3 rings (SSSR count). The number of carbonyl (C=O) groups excluding carboxylic acids is 2. The van der Waals surface area contributed by atoms with Crippen molar-refractivity contribution >= 4 is 22.8 Å². The van der Waals surface area contributed by atoms with Gasteiger partial charge in [-0.25, -0.2) is 0 Å². The van der Waals surface area contributed by atoms with Gasteiger partial charge in [-0.2, -0.15) is 0 Å². The monoisotopic (exact) mass is 383 g/mol. The number of carbonyl (C=O) groups is 2. The number of hydrogen-bond acceptors (Lipinski definition) is 4. The van der Waals surface area contributed by atoms with Crippen LogP contribution in [0.25, 0.3) is 11.0 Å². The fraction of sp³-hybridized carbons (Fsp3) is 0.478. The minimum absolute atomic E-state index is 0.0833. The van der Waals surface area contributed by atoms with E-state index in [1.54, 1.807) is 13.2 Å². The van der Waals surface area contributed by atoms with Crippen LogP contribution in [0.3, 0.4) is 0 Å². The number of nitrogens with one attached hydrogen (secondary N) is 1. The van der Waals surface area contributed by atoms with Crippen LogP contribution in [0.2, 0.25) is 0 Å². The van der Waals surface area contributed by atoms with Crippen molar-refractivity contribution < 1.29 is 18.7 Å². The highest BCUT2D eigenvalue weighted by Gasteiger charge is 2.19. The van der Waals surface area contributed by atoms with E-state index in [1.165, 1.54) is 18.4 Å². The SMILES string of the molecule is Cc1cc2occ(CC(=O)O[C@@H](C)C(=O)NCCC3=CCCCC3)c2cc1C. The zero-order valence-corrected chi connectivity index (χ0v) is 17.0. The summed E-state index contributed by atoms with van der Waals surface area (Å²) in [5, 5.41) is 3.78. The lowest BCUT2D eigenvalue weighted by atomic mass is 9.97. The molecule has 5 nitrogen and oxygen atoms in total. The van der Waals surface area contributed by atoms with Gasteiger partial charge in [-0.05, 0) is 76.1 Å². The van der Waals surface area contributed by atoms with E-state index in [0.29, 0.717) is 6.54 Å². The first-order valence-electron chi connectivity index (χ1n) is 10.1. The van der Waals surface area contributed by atoms with E-state index in [1.807, 2.05) is 26.0 Å². The molecule has 5 heteroatoms. The van der Waals surface area contributed by atoms with Crippen molar-refractivity contribution in [3.8, 4) is 0 Å². The fourth-order valence-electron chi connectivity index (χ4n) is 3.54. The number of rotatable bonds is 7. The average Bonchev–Trinajstić information content (AvgIpc) is 3.04. The first-order valence-corrected chi connectivity index (χ1v) is 10.1. The zero-order valence-electron chi connectivity index (χ0n) is 17.0. The number of ether oxygens (including phenoxy) is 1. The molecule has 1 heterocycles. The normalized spacial score (nSPS) is 15.2. The van der Waals surface area contributed by atoms with Crippen LogP contribution in [0.1, 0.15) is 55.7 Å². The minimum atomic E-state index is -0.810. The number of hydrogen-bond donors (Lipinski definition) is 1. The lowest BCUT2D eigenvalue weighted by Gasteiger charge is -2.15. The highest BCUT2D eigenvalue weighted by Crippen LogP contribution is 2.25. The van der Waals surface area contributed by atoms with Crippen LogP contribution in [0.4, 0.5) is 0 Å². The van der Waals surface area contributed by atoms with Gasteiger partial charge in [-0.15, -0.1) is 0 Å². The Kier molecular flexibility index (Phi) is 6.55. The van der Waals surface area contributed by atoms with E-state index >= 15 is 0 Å². The maximum atomic E-state index is 12.3. The number of amides is 1. The van der Waals surface area contributed by atoms with Gasteiger partial charge in [0.05, 0.1) is 12.7 Å².